The van der Waals surface area contributed by atoms with E-state index in [9.17, 15) is 9.90 Å². The average Bonchev–Trinajstić information content (AvgIpc) is 2.34. The Labute approximate surface area is 115 Å². The molecule has 1 aromatic rings. The minimum atomic E-state index is -0.575. The van der Waals surface area contributed by atoms with Gasteiger partial charge < -0.3 is 9.84 Å². The van der Waals surface area contributed by atoms with Gasteiger partial charge in [-0.3, -0.25) is 4.79 Å². The average molecular weight is 264 g/mol. The van der Waals surface area contributed by atoms with E-state index in [1.54, 1.807) is 6.92 Å². The minimum absolute atomic E-state index is 0.0572. The highest BCUT2D eigenvalue weighted by atomic mass is 16.5. The van der Waals surface area contributed by atoms with Gasteiger partial charge in [0.25, 0.3) is 0 Å². The lowest BCUT2D eigenvalue weighted by molar-refractivity contribution is -0.124. The Hall–Kier alpha value is -1.19. The van der Waals surface area contributed by atoms with Gasteiger partial charge in [0.15, 0.2) is 0 Å². The Balaban J connectivity index is 2.47. The van der Waals surface area contributed by atoms with Gasteiger partial charge in [0, 0.05) is 12.8 Å². The van der Waals surface area contributed by atoms with Crippen LogP contribution in [-0.2, 0) is 16.1 Å². The van der Waals surface area contributed by atoms with E-state index in [2.05, 4.69) is 0 Å². The van der Waals surface area contributed by atoms with Crippen LogP contribution in [0.2, 0.25) is 0 Å². The Bertz CT molecular complexity index is 371. The number of Topliss-reactive ketones (excluding diaryl/α,β-unsaturated/α-hetero) is 1. The normalized spacial score (nSPS) is 14.4. The van der Waals surface area contributed by atoms with Crippen molar-refractivity contribution in [2.45, 2.75) is 52.4 Å². The van der Waals surface area contributed by atoms with Gasteiger partial charge in [-0.25, -0.2) is 0 Å². The maximum Gasteiger partial charge on any atom is 0.138 e. The lowest BCUT2D eigenvalue weighted by Gasteiger charge is -2.21. The van der Waals surface area contributed by atoms with Crippen molar-refractivity contribution < 1.29 is 14.6 Å². The maximum absolute atomic E-state index is 11.7. The predicted molar refractivity (Wildman–Crippen MR) is 75.8 cm³/mol. The molecule has 0 saturated carbocycles. The first-order valence-corrected chi connectivity index (χ1v) is 6.84. The van der Waals surface area contributed by atoms with Crippen LogP contribution < -0.4 is 0 Å². The largest absolute Gasteiger partial charge is 0.393 e. The molecular formula is C16H24O3. The summed E-state index contributed by atoms with van der Waals surface area (Å²) in [7, 11) is 0. The Kier molecular flexibility index (Phi) is 6.74. The molecule has 0 bridgehead atoms. The second-order valence-corrected chi connectivity index (χ2v) is 5.38. The number of ketones is 1. The molecule has 0 fully saturated rings. The Morgan fingerprint density at radius 3 is 2.32 bits per heavy atom. The molecule has 3 nitrogen and oxygen atoms in total. The van der Waals surface area contributed by atoms with E-state index in [1.807, 2.05) is 44.2 Å². The lowest BCUT2D eigenvalue weighted by Crippen LogP contribution is -2.25. The van der Waals surface area contributed by atoms with Crippen LogP contribution in [-0.4, -0.2) is 23.1 Å². The third-order valence-corrected chi connectivity index (χ3v) is 3.00. The third-order valence-electron chi connectivity index (χ3n) is 3.00. The van der Waals surface area contributed by atoms with Crippen molar-refractivity contribution in [3.63, 3.8) is 0 Å². The molecule has 0 amide bonds. The van der Waals surface area contributed by atoms with Crippen molar-refractivity contribution in [1.29, 1.82) is 0 Å². The first-order chi connectivity index (χ1) is 8.99. The van der Waals surface area contributed by atoms with E-state index in [-0.39, 0.29) is 24.2 Å². The van der Waals surface area contributed by atoms with Crippen LogP contribution in [0.4, 0.5) is 0 Å². The van der Waals surface area contributed by atoms with E-state index in [1.165, 1.54) is 0 Å². The highest BCUT2D eigenvalue weighted by Crippen LogP contribution is 2.15. The smallest absolute Gasteiger partial charge is 0.138 e. The van der Waals surface area contributed by atoms with Gasteiger partial charge in [0.1, 0.15) is 5.78 Å². The molecule has 3 heteroatoms. The van der Waals surface area contributed by atoms with E-state index in [0.29, 0.717) is 13.0 Å². The fourth-order valence-electron chi connectivity index (χ4n) is 1.90. The van der Waals surface area contributed by atoms with Gasteiger partial charge in [0.2, 0.25) is 0 Å². The first kappa shape index (κ1) is 15.9. The maximum atomic E-state index is 11.7. The van der Waals surface area contributed by atoms with Crippen molar-refractivity contribution >= 4 is 5.78 Å². The molecule has 1 aromatic carbocycles. The van der Waals surface area contributed by atoms with Crippen LogP contribution in [0.1, 0.15) is 39.2 Å². The number of aliphatic hydroxyl groups is 1. The van der Waals surface area contributed by atoms with Crippen LogP contribution in [0.15, 0.2) is 30.3 Å². The van der Waals surface area contributed by atoms with E-state index < -0.39 is 6.10 Å². The molecule has 106 valence electrons. The Morgan fingerprint density at radius 2 is 1.79 bits per heavy atom. The van der Waals surface area contributed by atoms with Crippen LogP contribution in [0, 0.1) is 5.92 Å². The SMILES string of the molecule is CC(C)[C@H](CC(=O)C[C@@H](C)O)OCc1ccccc1. The molecule has 0 aromatic heterocycles. The molecule has 0 aliphatic rings. The lowest BCUT2D eigenvalue weighted by atomic mass is 9.99. The number of rotatable bonds is 8. The molecule has 0 saturated heterocycles. The molecular weight excluding hydrogens is 240 g/mol. The van der Waals surface area contributed by atoms with Crippen molar-refractivity contribution in [3.8, 4) is 0 Å². The molecule has 19 heavy (non-hydrogen) atoms. The molecule has 0 unspecified atom stereocenters. The van der Waals surface area contributed by atoms with Gasteiger partial charge in [0.05, 0.1) is 18.8 Å². The highest BCUT2D eigenvalue weighted by molar-refractivity contribution is 5.79. The first-order valence-electron chi connectivity index (χ1n) is 6.84. The standard InChI is InChI=1S/C16H24O3/c1-12(2)16(10-15(18)9-13(3)17)19-11-14-7-5-4-6-8-14/h4-8,12-13,16-17H,9-11H2,1-3H3/t13-,16+/m1/s1. The van der Waals surface area contributed by atoms with Gasteiger partial charge >= 0.3 is 0 Å². The zero-order valence-electron chi connectivity index (χ0n) is 12.0. The van der Waals surface area contributed by atoms with Crippen molar-refractivity contribution in [2.24, 2.45) is 5.92 Å². The van der Waals surface area contributed by atoms with Crippen LogP contribution in [0.3, 0.4) is 0 Å². The summed E-state index contributed by atoms with van der Waals surface area (Å²) >= 11 is 0. The summed E-state index contributed by atoms with van der Waals surface area (Å²) in [4.78, 5) is 11.7. The summed E-state index contributed by atoms with van der Waals surface area (Å²) in [5.74, 6) is 0.337. The highest BCUT2D eigenvalue weighted by Gasteiger charge is 2.19. The molecule has 1 N–H and O–H groups in total. The zero-order valence-corrected chi connectivity index (χ0v) is 12.0. The monoisotopic (exact) mass is 264 g/mol. The molecule has 1 rings (SSSR count). The number of hydrogen-bond acceptors (Lipinski definition) is 3. The fraction of sp³-hybridized carbons (Fsp3) is 0.562. The summed E-state index contributed by atoms with van der Waals surface area (Å²) < 4.78 is 5.84. The molecule has 0 spiro atoms. The quantitative estimate of drug-likeness (QED) is 0.785. The fourth-order valence-corrected chi connectivity index (χ4v) is 1.90. The van der Waals surface area contributed by atoms with Crippen molar-refractivity contribution in [1.82, 2.24) is 0 Å². The molecule has 2 atom stereocenters. The molecule has 0 heterocycles. The number of carbonyl (C=O) groups is 1. The molecule has 0 radical (unpaired) electrons. The van der Waals surface area contributed by atoms with Crippen molar-refractivity contribution in [3.05, 3.63) is 35.9 Å². The summed E-state index contributed by atoms with van der Waals surface area (Å²) in [5.41, 5.74) is 1.11. The molecule has 0 aliphatic carbocycles. The van der Waals surface area contributed by atoms with Crippen LogP contribution in [0.5, 0.6) is 0 Å². The third kappa shape index (κ3) is 6.50. The second kappa shape index (κ2) is 8.08. The predicted octanol–water partition coefficient (Wildman–Crippen LogP) is 2.96. The van der Waals surface area contributed by atoms with Gasteiger partial charge in [-0.2, -0.15) is 0 Å². The number of carbonyl (C=O) groups excluding carboxylic acids is 1. The van der Waals surface area contributed by atoms with E-state index in [0.717, 1.165) is 5.56 Å². The number of ether oxygens (including phenoxy) is 1. The second-order valence-electron chi connectivity index (χ2n) is 5.38. The van der Waals surface area contributed by atoms with Gasteiger partial charge in [-0.05, 0) is 18.4 Å². The topological polar surface area (TPSA) is 46.5 Å². The van der Waals surface area contributed by atoms with Crippen LogP contribution >= 0.6 is 0 Å². The van der Waals surface area contributed by atoms with Crippen LogP contribution in [0.25, 0.3) is 0 Å². The number of benzene rings is 1. The van der Waals surface area contributed by atoms with Crippen molar-refractivity contribution in [2.75, 3.05) is 0 Å². The summed E-state index contributed by atoms with van der Waals surface area (Å²) in [6, 6.07) is 9.93. The summed E-state index contributed by atoms with van der Waals surface area (Å²) in [6.45, 7) is 6.25. The van der Waals surface area contributed by atoms with Gasteiger partial charge in [-0.15, -0.1) is 0 Å². The number of hydrogen-bond donors (Lipinski definition) is 1. The number of aliphatic hydroxyl groups excluding tert-OH is 1. The van der Waals surface area contributed by atoms with Gasteiger partial charge in [-0.1, -0.05) is 44.2 Å². The summed E-state index contributed by atoms with van der Waals surface area (Å²) in [6.07, 6.45) is -0.0891. The van der Waals surface area contributed by atoms with E-state index >= 15 is 0 Å². The molecule has 0 aliphatic heterocycles. The summed E-state index contributed by atoms with van der Waals surface area (Å²) in [5, 5.41) is 9.22. The zero-order chi connectivity index (χ0) is 14.3. The minimum Gasteiger partial charge on any atom is -0.393 e. The van der Waals surface area contributed by atoms with E-state index in [4.69, 9.17) is 4.74 Å². The Morgan fingerprint density at radius 1 is 1.16 bits per heavy atom.